The molecule has 0 radical (unpaired) electrons. The van der Waals surface area contributed by atoms with Gasteiger partial charge in [0.2, 0.25) is 5.91 Å². The lowest BCUT2D eigenvalue weighted by Crippen LogP contribution is -2.07. The van der Waals surface area contributed by atoms with Crippen molar-refractivity contribution in [3.63, 3.8) is 0 Å². The van der Waals surface area contributed by atoms with E-state index in [4.69, 9.17) is 0 Å². The van der Waals surface area contributed by atoms with E-state index in [-0.39, 0.29) is 5.91 Å². The number of aromatic nitrogens is 2. The summed E-state index contributed by atoms with van der Waals surface area (Å²) in [5, 5.41) is 2.86. The van der Waals surface area contributed by atoms with Gasteiger partial charge in [0.05, 0.1) is 11.0 Å². The van der Waals surface area contributed by atoms with Crippen LogP contribution in [0.15, 0.2) is 84.9 Å². The number of amides is 1. The molecule has 1 aromatic heterocycles. The van der Waals surface area contributed by atoms with E-state index in [1.54, 1.807) is 6.08 Å². The lowest BCUT2D eigenvalue weighted by molar-refractivity contribution is -0.111. The van der Waals surface area contributed by atoms with Gasteiger partial charge >= 0.3 is 0 Å². The third-order valence-electron chi connectivity index (χ3n) is 4.04. The summed E-state index contributed by atoms with van der Waals surface area (Å²) in [4.78, 5) is 19.9. The first-order chi connectivity index (χ1) is 12.8. The van der Waals surface area contributed by atoms with Crippen LogP contribution in [-0.4, -0.2) is 15.9 Å². The van der Waals surface area contributed by atoms with Gasteiger partial charge in [-0.2, -0.15) is 0 Å². The van der Waals surface area contributed by atoms with Crippen molar-refractivity contribution in [2.24, 2.45) is 0 Å². The van der Waals surface area contributed by atoms with E-state index in [9.17, 15) is 4.79 Å². The molecule has 4 aromatic rings. The van der Waals surface area contributed by atoms with Crippen molar-refractivity contribution >= 4 is 28.7 Å². The molecule has 126 valence electrons. The first-order valence-electron chi connectivity index (χ1n) is 8.37. The Morgan fingerprint density at radius 3 is 2.38 bits per heavy atom. The summed E-state index contributed by atoms with van der Waals surface area (Å²) in [5.41, 5.74) is 4.64. The first-order valence-corrected chi connectivity index (χ1v) is 8.37. The SMILES string of the molecule is O=C(/C=C/c1ccccc1)Nc1ccc(-c2nc3ccccc3[nH]2)cc1. The Labute approximate surface area is 151 Å². The number of para-hydroxylation sites is 2. The number of imidazole rings is 1. The van der Waals surface area contributed by atoms with E-state index in [0.29, 0.717) is 0 Å². The van der Waals surface area contributed by atoms with E-state index >= 15 is 0 Å². The minimum absolute atomic E-state index is 0.162. The molecule has 0 saturated heterocycles. The molecular weight excluding hydrogens is 322 g/mol. The summed E-state index contributed by atoms with van der Waals surface area (Å²) in [6, 6.07) is 25.3. The number of hydrogen-bond donors (Lipinski definition) is 2. The summed E-state index contributed by atoms with van der Waals surface area (Å²) < 4.78 is 0. The second-order valence-electron chi connectivity index (χ2n) is 5.91. The average Bonchev–Trinajstić information content (AvgIpc) is 3.12. The maximum Gasteiger partial charge on any atom is 0.248 e. The van der Waals surface area contributed by atoms with Crippen LogP contribution in [0.3, 0.4) is 0 Å². The van der Waals surface area contributed by atoms with Gasteiger partial charge in [0.1, 0.15) is 5.82 Å². The molecule has 1 amide bonds. The highest BCUT2D eigenvalue weighted by Crippen LogP contribution is 2.22. The second kappa shape index (κ2) is 7.07. The Bertz CT molecular complexity index is 1030. The molecule has 0 bridgehead atoms. The van der Waals surface area contributed by atoms with Gasteiger partial charge in [0, 0.05) is 17.3 Å². The van der Waals surface area contributed by atoms with E-state index in [1.807, 2.05) is 78.9 Å². The molecule has 0 aliphatic heterocycles. The van der Waals surface area contributed by atoms with Gasteiger partial charge in [-0.25, -0.2) is 4.98 Å². The summed E-state index contributed by atoms with van der Waals surface area (Å²) in [5.74, 6) is 0.651. The maximum absolute atomic E-state index is 12.0. The molecule has 26 heavy (non-hydrogen) atoms. The molecule has 4 nitrogen and oxygen atoms in total. The highest BCUT2D eigenvalue weighted by atomic mass is 16.1. The Morgan fingerprint density at radius 2 is 1.62 bits per heavy atom. The second-order valence-corrected chi connectivity index (χ2v) is 5.91. The molecule has 3 aromatic carbocycles. The number of carbonyl (C=O) groups is 1. The third kappa shape index (κ3) is 3.54. The topological polar surface area (TPSA) is 57.8 Å². The molecule has 0 unspecified atom stereocenters. The minimum atomic E-state index is -0.162. The Kier molecular flexibility index (Phi) is 4.31. The zero-order valence-corrected chi connectivity index (χ0v) is 14.0. The largest absolute Gasteiger partial charge is 0.338 e. The van der Waals surface area contributed by atoms with Crippen molar-refractivity contribution in [3.8, 4) is 11.4 Å². The fourth-order valence-electron chi connectivity index (χ4n) is 2.72. The highest BCUT2D eigenvalue weighted by molar-refractivity contribution is 6.02. The number of nitrogens with zero attached hydrogens (tertiary/aromatic N) is 1. The highest BCUT2D eigenvalue weighted by Gasteiger charge is 2.05. The van der Waals surface area contributed by atoms with Crippen LogP contribution in [0.25, 0.3) is 28.5 Å². The lowest BCUT2D eigenvalue weighted by Gasteiger charge is -2.03. The van der Waals surface area contributed by atoms with Crippen molar-refractivity contribution in [1.82, 2.24) is 9.97 Å². The minimum Gasteiger partial charge on any atom is -0.338 e. The van der Waals surface area contributed by atoms with Crippen LogP contribution < -0.4 is 5.32 Å². The summed E-state index contributed by atoms with van der Waals surface area (Å²) in [6.45, 7) is 0. The smallest absolute Gasteiger partial charge is 0.248 e. The van der Waals surface area contributed by atoms with E-state index < -0.39 is 0 Å². The number of fused-ring (bicyclic) bond motifs is 1. The molecule has 4 heteroatoms. The van der Waals surface area contributed by atoms with Crippen LogP contribution in [0.1, 0.15) is 5.56 Å². The van der Waals surface area contributed by atoms with Gasteiger partial charge in [-0.1, -0.05) is 42.5 Å². The van der Waals surface area contributed by atoms with E-state index in [2.05, 4.69) is 15.3 Å². The van der Waals surface area contributed by atoms with E-state index in [0.717, 1.165) is 33.7 Å². The zero-order valence-electron chi connectivity index (χ0n) is 14.0. The summed E-state index contributed by atoms with van der Waals surface area (Å²) in [7, 11) is 0. The molecule has 0 saturated carbocycles. The summed E-state index contributed by atoms with van der Waals surface area (Å²) in [6.07, 6.45) is 3.32. The number of anilines is 1. The number of carbonyl (C=O) groups excluding carboxylic acids is 1. The Balaban J connectivity index is 1.45. The fourth-order valence-corrected chi connectivity index (χ4v) is 2.72. The van der Waals surface area contributed by atoms with Crippen molar-refractivity contribution in [2.75, 3.05) is 5.32 Å². The molecule has 2 N–H and O–H groups in total. The Hall–Kier alpha value is -3.66. The zero-order chi connectivity index (χ0) is 17.8. The number of hydrogen-bond acceptors (Lipinski definition) is 2. The van der Waals surface area contributed by atoms with Crippen LogP contribution in [0.2, 0.25) is 0 Å². The van der Waals surface area contributed by atoms with Crippen molar-refractivity contribution in [1.29, 1.82) is 0 Å². The van der Waals surface area contributed by atoms with Crippen LogP contribution >= 0.6 is 0 Å². The molecule has 1 heterocycles. The van der Waals surface area contributed by atoms with Gasteiger partial charge in [-0.05, 0) is 48.0 Å². The van der Waals surface area contributed by atoms with Crippen LogP contribution in [-0.2, 0) is 4.79 Å². The molecule has 0 atom stereocenters. The third-order valence-corrected chi connectivity index (χ3v) is 4.04. The van der Waals surface area contributed by atoms with Crippen LogP contribution in [0.5, 0.6) is 0 Å². The van der Waals surface area contributed by atoms with Gasteiger partial charge in [0.15, 0.2) is 0 Å². The molecular formula is C22H17N3O. The normalized spacial score (nSPS) is 11.1. The standard InChI is InChI=1S/C22H17N3O/c26-21(15-10-16-6-2-1-3-7-16)23-18-13-11-17(12-14-18)22-24-19-8-4-5-9-20(19)25-22/h1-15H,(H,23,26)(H,24,25)/b15-10+. The Morgan fingerprint density at radius 1 is 0.885 bits per heavy atom. The maximum atomic E-state index is 12.0. The fraction of sp³-hybridized carbons (Fsp3) is 0. The predicted molar refractivity (Wildman–Crippen MR) is 106 cm³/mol. The van der Waals surface area contributed by atoms with Crippen molar-refractivity contribution in [3.05, 3.63) is 90.5 Å². The number of benzene rings is 3. The van der Waals surface area contributed by atoms with Crippen LogP contribution in [0.4, 0.5) is 5.69 Å². The van der Waals surface area contributed by atoms with Crippen molar-refractivity contribution < 1.29 is 4.79 Å². The number of aromatic amines is 1. The number of rotatable bonds is 4. The molecule has 0 aliphatic carbocycles. The first kappa shape index (κ1) is 15.8. The molecule has 0 aliphatic rings. The van der Waals surface area contributed by atoms with E-state index in [1.165, 1.54) is 6.08 Å². The van der Waals surface area contributed by atoms with Crippen molar-refractivity contribution in [2.45, 2.75) is 0 Å². The van der Waals surface area contributed by atoms with Gasteiger partial charge < -0.3 is 10.3 Å². The number of H-pyrrole nitrogens is 1. The summed E-state index contributed by atoms with van der Waals surface area (Å²) >= 11 is 0. The van der Waals surface area contributed by atoms with Crippen LogP contribution in [0, 0.1) is 0 Å². The van der Waals surface area contributed by atoms with Gasteiger partial charge in [-0.3, -0.25) is 4.79 Å². The van der Waals surface area contributed by atoms with Gasteiger partial charge in [0.25, 0.3) is 0 Å². The average molecular weight is 339 g/mol. The quantitative estimate of drug-likeness (QED) is 0.521. The molecule has 0 spiro atoms. The molecule has 4 rings (SSSR count). The predicted octanol–water partition coefficient (Wildman–Crippen LogP) is 4.88. The monoisotopic (exact) mass is 339 g/mol. The molecule has 0 fully saturated rings. The number of nitrogens with one attached hydrogen (secondary N) is 2. The van der Waals surface area contributed by atoms with Gasteiger partial charge in [-0.15, -0.1) is 0 Å². The lowest BCUT2D eigenvalue weighted by atomic mass is 10.2.